The predicted octanol–water partition coefficient (Wildman–Crippen LogP) is 0.831. The molecule has 1 aliphatic heterocycles. The molecule has 1 aromatic rings. The summed E-state index contributed by atoms with van der Waals surface area (Å²) in [5, 5.41) is 23.3. The first kappa shape index (κ1) is 20.8. The zero-order chi connectivity index (χ0) is 20.1. The summed E-state index contributed by atoms with van der Waals surface area (Å²) in [7, 11) is 1.70. The minimum absolute atomic E-state index is 0.0192. The molecule has 1 aromatic carbocycles. The molecule has 1 saturated heterocycles. The van der Waals surface area contributed by atoms with Crippen molar-refractivity contribution >= 4 is 11.8 Å². The number of nitrogens with zero attached hydrogens (tertiary/aromatic N) is 1. The Balaban J connectivity index is 1.47. The van der Waals surface area contributed by atoms with E-state index in [0.29, 0.717) is 6.54 Å². The lowest BCUT2D eigenvalue weighted by Gasteiger charge is -2.21. The first-order valence-electron chi connectivity index (χ1n) is 10.0. The third-order valence-electron chi connectivity index (χ3n) is 5.73. The highest BCUT2D eigenvalue weighted by molar-refractivity contribution is 5.79. The molecular weight excluding hydrogens is 360 g/mol. The molecule has 28 heavy (non-hydrogen) atoms. The lowest BCUT2D eigenvalue weighted by Crippen LogP contribution is -2.41. The van der Waals surface area contributed by atoms with E-state index in [1.807, 2.05) is 30.3 Å². The molecule has 1 saturated carbocycles. The highest BCUT2D eigenvalue weighted by Crippen LogP contribution is 2.26. The van der Waals surface area contributed by atoms with Crippen LogP contribution in [0.2, 0.25) is 0 Å². The molecule has 2 aliphatic rings. The van der Waals surface area contributed by atoms with Crippen molar-refractivity contribution in [3.8, 4) is 0 Å². The molecular formula is C21H30N2O5. The molecule has 2 fully saturated rings. The van der Waals surface area contributed by atoms with E-state index >= 15 is 0 Å². The maximum atomic E-state index is 12.5. The van der Waals surface area contributed by atoms with Crippen LogP contribution in [-0.2, 0) is 20.9 Å². The molecule has 3 N–H and O–H groups in total. The van der Waals surface area contributed by atoms with Crippen LogP contribution in [0.4, 0.5) is 0 Å². The number of aliphatic hydroxyl groups is 2. The zero-order valence-electron chi connectivity index (χ0n) is 16.3. The normalized spacial score (nSPS) is 27.7. The third-order valence-corrected chi connectivity index (χ3v) is 5.73. The fraction of sp³-hybridized carbons (Fsp3) is 0.619. The van der Waals surface area contributed by atoms with E-state index in [4.69, 9.17) is 4.74 Å². The average Bonchev–Trinajstić information content (AvgIpc) is 3.32. The van der Waals surface area contributed by atoms with Crippen molar-refractivity contribution in [3.63, 3.8) is 0 Å². The van der Waals surface area contributed by atoms with Gasteiger partial charge in [-0.2, -0.15) is 0 Å². The van der Waals surface area contributed by atoms with Gasteiger partial charge in [-0.3, -0.25) is 9.59 Å². The largest absolute Gasteiger partial charge is 0.388 e. The molecule has 3 rings (SSSR count). The minimum atomic E-state index is -1.15. The lowest BCUT2D eigenvalue weighted by atomic mass is 10.0. The fourth-order valence-electron chi connectivity index (χ4n) is 3.97. The average molecular weight is 390 g/mol. The van der Waals surface area contributed by atoms with Crippen LogP contribution in [0.25, 0.3) is 0 Å². The number of hydrogen-bond donors (Lipinski definition) is 3. The lowest BCUT2D eigenvalue weighted by molar-refractivity contribution is -0.135. The van der Waals surface area contributed by atoms with Gasteiger partial charge in [0.1, 0.15) is 18.3 Å². The molecule has 1 aliphatic carbocycles. The number of ether oxygens (including phenoxy) is 1. The van der Waals surface area contributed by atoms with E-state index in [9.17, 15) is 19.8 Å². The van der Waals surface area contributed by atoms with Crippen molar-refractivity contribution < 1.29 is 24.5 Å². The standard InChI is InChI=1S/C21H30N2O5/c1-23(13-14-7-3-2-4-8-14)18(24)11-16-19(25)20(26)17(28-16)12-22-21(27)15-9-5-6-10-15/h2-4,7-8,15-17,19-20,25-26H,5-6,9-13H2,1H3,(H,22,27)/t16-,17-,19+,20-/m1/s1. The fourth-order valence-corrected chi connectivity index (χ4v) is 3.97. The Hall–Kier alpha value is -1.96. The second kappa shape index (κ2) is 9.49. The number of hydrogen-bond acceptors (Lipinski definition) is 5. The maximum Gasteiger partial charge on any atom is 0.225 e. The van der Waals surface area contributed by atoms with E-state index in [-0.39, 0.29) is 30.7 Å². The van der Waals surface area contributed by atoms with Crippen LogP contribution in [0.15, 0.2) is 30.3 Å². The summed E-state index contributed by atoms with van der Waals surface area (Å²) >= 11 is 0. The molecule has 7 nitrogen and oxygen atoms in total. The van der Waals surface area contributed by atoms with Gasteiger partial charge in [0.25, 0.3) is 0 Å². The summed E-state index contributed by atoms with van der Waals surface area (Å²) in [6.45, 7) is 0.601. The Morgan fingerprint density at radius 2 is 1.75 bits per heavy atom. The summed E-state index contributed by atoms with van der Waals surface area (Å²) in [5.41, 5.74) is 1.01. The molecule has 0 radical (unpaired) electrons. The molecule has 0 aromatic heterocycles. The minimum Gasteiger partial charge on any atom is -0.388 e. The monoisotopic (exact) mass is 390 g/mol. The van der Waals surface area contributed by atoms with Gasteiger partial charge in [-0.25, -0.2) is 0 Å². The second-order valence-corrected chi connectivity index (χ2v) is 7.86. The van der Waals surface area contributed by atoms with Gasteiger partial charge in [0.15, 0.2) is 0 Å². The van der Waals surface area contributed by atoms with Crippen LogP contribution < -0.4 is 5.32 Å². The Morgan fingerprint density at radius 1 is 1.11 bits per heavy atom. The molecule has 7 heteroatoms. The Labute approximate surface area is 165 Å². The predicted molar refractivity (Wildman–Crippen MR) is 103 cm³/mol. The Morgan fingerprint density at radius 3 is 2.43 bits per heavy atom. The molecule has 0 bridgehead atoms. The van der Waals surface area contributed by atoms with Crippen LogP contribution in [0.3, 0.4) is 0 Å². The molecule has 2 amide bonds. The van der Waals surface area contributed by atoms with Crippen molar-refractivity contribution in [3.05, 3.63) is 35.9 Å². The zero-order valence-corrected chi connectivity index (χ0v) is 16.3. The number of carbonyl (C=O) groups is 2. The first-order chi connectivity index (χ1) is 13.5. The number of rotatable bonds is 7. The highest BCUT2D eigenvalue weighted by Gasteiger charge is 2.43. The van der Waals surface area contributed by atoms with E-state index in [0.717, 1.165) is 31.2 Å². The van der Waals surface area contributed by atoms with Crippen LogP contribution in [0, 0.1) is 5.92 Å². The second-order valence-electron chi connectivity index (χ2n) is 7.86. The summed E-state index contributed by atoms with van der Waals surface area (Å²) < 4.78 is 5.71. The SMILES string of the molecule is CN(Cc1ccccc1)C(=O)C[C@H]1O[C@H](CNC(=O)C2CCCC2)[C@@H](O)[C@H]1O. The van der Waals surface area contributed by atoms with E-state index in [1.165, 1.54) is 0 Å². The highest BCUT2D eigenvalue weighted by atomic mass is 16.5. The van der Waals surface area contributed by atoms with Gasteiger partial charge in [-0.05, 0) is 18.4 Å². The number of aliphatic hydroxyl groups excluding tert-OH is 2. The molecule has 0 unspecified atom stereocenters. The Bertz CT molecular complexity index is 662. The molecule has 0 spiro atoms. The molecule has 1 heterocycles. The smallest absolute Gasteiger partial charge is 0.225 e. The van der Waals surface area contributed by atoms with E-state index < -0.39 is 24.4 Å². The number of amides is 2. The summed E-state index contributed by atoms with van der Waals surface area (Å²) in [5.74, 6) is -0.159. The van der Waals surface area contributed by atoms with Gasteiger partial charge in [0, 0.05) is 26.1 Å². The van der Waals surface area contributed by atoms with Crippen LogP contribution in [-0.4, -0.2) is 64.9 Å². The molecule has 154 valence electrons. The van der Waals surface area contributed by atoms with Gasteiger partial charge in [-0.1, -0.05) is 43.2 Å². The van der Waals surface area contributed by atoms with Crippen LogP contribution in [0.5, 0.6) is 0 Å². The van der Waals surface area contributed by atoms with Gasteiger partial charge >= 0.3 is 0 Å². The Kier molecular flexibility index (Phi) is 7.04. The first-order valence-corrected chi connectivity index (χ1v) is 10.0. The van der Waals surface area contributed by atoms with Crippen molar-refractivity contribution in [2.24, 2.45) is 5.92 Å². The van der Waals surface area contributed by atoms with Gasteiger partial charge in [-0.15, -0.1) is 0 Å². The van der Waals surface area contributed by atoms with Gasteiger partial charge in [0.2, 0.25) is 11.8 Å². The number of carbonyl (C=O) groups excluding carboxylic acids is 2. The molecule has 4 atom stereocenters. The topological polar surface area (TPSA) is 99.1 Å². The van der Waals surface area contributed by atoms with Crippen molar-refractivity contribution in [2.75, 3.05) is 13.6 Å². The van der Waals surface area contributed by atoms with Crippen molar-refractivity contribution in [1.82, 2.24) is 10.2 Å². The maximum absolute atomic E-state index is 12.5. The summed E-state index contributed by atoms with van der Waals surface area (Å²) in [6.07, 6.45) is 0.144. The quantitative estimate of drug-likeness (QED) is 0.641. The van der Waals surface area contributed by atoms with E-state index in [1.54, 1.807) is 11.9 Å². The number of nitrogens with one attached hydrogen (secondary N) is 1. The number of benzene rings is 1. The summed E-state index contributed by atoms with van der Waals surface area (Å²) in [6, 6.07) is 9.63. The van der Waals surface area contributed by atoms with Crippen LogP contribution >= 0.6 is 0 Å². The third kappa shape index (κ3) is 5.10. The van der Waals surface area contributed by atoms with E-state index in [2.05, 4.69) is 5.32 Å². The summed E-state index contributed by atoms with van der Waals surface area (Å²) in [4.78, 5) is 26.2. The van der Waals surface area contributed by atoms with Gasteiger partial charge < -0.3 is 25.2 Å². The van der Waals surface area contributed by atoms with Crippen molar-refractivity contribution in [2.45, 2.75) is 63.1 Å². The van der Waals surface area contributed by atoms with Gasteiger partial charge in [0.05, 0.1) is 12.5 Å². The van der Waals surface area contributed by atoms with Crippen LogP contribution in [0.1, 0.15) is 37.7 Å². The van der Waals surface area contributed by atoms with Crippen molar-refractivity contribution in [1.29, 1.82) is 0 Å².